The Kier molecular flexibility index (Phi) is 3.39. The fraction of sp³-hybridized carbons (Fsp3) is 0.273. The van der Waals surface area contributed by atoms with Crippen LogP contribution in [0.1, 0.15) is 18.1 Å². The van der Waals surface area contributed by atoms with Gasteiger partial charge in [-0.3, -0.25) is 0 Å². The molecule has 0 aliphatic carbocycles. The summed E-state index contributed by atoms with van der Waals surface area (Å²) in [5.74, 6) is 0. The molecular formula is C11H15N. The Labute approximate surface area is 74.1 Å². The lowest BCUT2D eigenvalue weighted by Gasteiger charge is -1.96. The molecule has 0 bridgehead atoms. The van der Waals surface area contributed by atoms with Crippen LogP contribution < -0.4 is 5.32 Å². The molecule has 12 heavy (non-hydrogen) atoms. The van der Waals surface area contributed by atoms with E-state index >= 15 is 0 Å². The van der Waals surface area contributed by atoms with Crippen molar-refractivity contribution in [3.63, 3.8) is 0 Å². The zero-order valence-electron chi connectivity index (χ0n) is 7.67. The monoisotopic (exact) mass is 161 g/mol. The highest BCUT2D eigenvalue weighted by Crippen LogP contribution is 2.05. The summed E-state index contributed by atoms with van der Waals surface area (Å²) < 4.78 is 0. The molecule has 0 aliphatic rings. The number of nitrogens with one attached hydrogen (secondary N) is 1. The summed E-state index contributed by atoms with van der Waals surface area (Å²) in [6.45, 7) is 2.17. The third-order valence-electron chi connectivity index (χ3n) is 1.83. The van der Waals surface area contributed by atoms with E-state index in [1.54, 1.807) is 0 Å². The van der Waals surface area contributed by atoms with Crippen LogP contribution >= 0.6 is 0 Å². The largest absolute Gasteiger partial charge is 0.394 e. The smallest absolute Gasteiger partial charge is 0.00277 e. The van der Waals surface area contributed by atoms with E-state index < -0.39 is 0 Å². The van der Waals surface area contributed by atoms with E-state index in [0.29, 0.717) is 0 Å². The normalized spacial score (nSPS) is 10.5. The number of rotatable bonds is 3. The summed E-state index contributed by atoms with van der Waals surface area (Å²) in [4.78, 5) is 0. The number of hydrogen-bond acceptors (Lipinski definition) is 1. The highest BCUT2D eigenvalue weighted by atomic mass is 14.8. The van der Waals surface area contributed by atoms with Gasteiger partial charge in [-0.15, -0.1) is 0 Å². The minimum absolute atomic E-state index is 1.11. The minimum Gasteiger partial charge on any atom is -0.394 e. The molecular weight excluding hydrogens is 146 g/mol. The Morgan fingerprint density at radius 1 is 1.25 bits per heavy atom. The Hall–Kier alpha value is -1.24. The molecule has 0 unspecified atom stereocenters. The number of aryl methyl sites for hydroxylation is 1. The molecule has 0 atom stereocenters. The van der Waals surface area contributed by atoms with Crippen molar-refractivity contribution in [1.29, 1.82) is 0 Å². The lowest BCUT2D eigenvalue weighted by molar-refractivity contribution is 1.11. The molecule has 1 aromatic rings. The van der Waals surface area contributed by atoms with Gasteiger partial charge in [-0.1, -0.05) is 31.2 Å². The van der Waals surface area contributed by atoms with Gasteiger partial charge in [0.15, 0.2) is 0 Å². The molecule has 0 fully saturated rings. The Morgan fingerprint density at radius 2 is 1.92 bits per heavy atom. The van der Waals surface area contributed by atoms with E-state index in [0.717, 1.165) is 6.42 Å². The Morgan fingerprint density at radius 3 is 2.42 bits per heavy atom. The van der Waals surface area contributed by atoms with Crippen molar-refractivity contribution in [1.82, 2.24) is 5.32 Å². The molecule has 64 valence electrons. The fourth-order valence-electron chi connectivity index (χ4n) is 1.04. The van der Waals surface area contributed by atoms with Gasteiger partial charge in [-0.05, 0) is 29.8 Å². The van der Waals surface area contributed by atoms with Crippen LogP contribution in [0.4, 0.5) is 0 Å². The summed E-state index contributed by atoms with van der Waals surface area (Å²) in [5, 5.41) is 2.96. The van der Waals surface area contributed by atoms with Gasteiger partial charge in [0.05, 0.1) is 0 Å². The lowest BCUT2D eigenvalue weighted by Crippen LogP contribution is -1.90. The first-order valence-electron chi connectivity index (χ1n) is 4.29. The maximum Gasteiger partial charge on any atom is 0.00277 e. The van der Waals surface area contributed by atoms with Crippen molar-refractivity contribution in [2.75, 3.05) is 7.05 Å². The molecule has 0 amide bonds. The average molecular weight is 161 g/mol. The summed E-state index contributed by atoms with van der Waals surface area (Å²) in [7, 11) is 1.90. The van der Waals surface area contributed by atoms with E-state index in [-0.39, 0.29) is 0 Å². The molecule has 1 N–H and O–H groups in total. The third kappa shape index (κ3) is 2.42. The quantitative estimate of drug-likeness (QED) is 0.718. The van der Waals surface area contributed by atoms with Crippen LogP contribution in [-0.4, -0.2) is 7.05 Å². The summed E-state index contributed by atoms with van der Waals surface area (Å²) in [6, 6.07) is 8.59. The van der Waals surface area contributed by atoms with Crippen molar-refractivity contribution in [2.45, 2.75) is 13.3 Å². The van der Waals surface area contributed by atoms with Crippen molar-refractivity contribution in [2.24, 2.45) is 0 Å². The predicted octanol–water partition coefficient (Wildman–Crippen LogP) is 2.44. The van der Waals surface area contributed by atoms with Crippen LogP contribution in [-0.2, 0) is 6.42 Å². The van der Waals surface area contributed by atoms with Gasteiger partial charge in [-0.25, -0.2) is 0 Å². The lowest BCUT2D eigenvalue weighted by atomic mass is 10.1. The van der Waals surface area contributed by atoms with E-state index in [2.05, 4.69) is 42.6 Å². The Bertz CT molecular complexity index is 246. The summed E-state index contributed by atoms with van der Waals surface area (Å²) in [5.41, 5.74) is 2.62. The minimum atomic E-state index is 1.11. The van der Waals surface area contributed by atoms with Gasteiger partial charge in [0.1, 0.15) is 0 Å². The van der Waals surface area contributed by atoms with E-state index in [1.807, 2.05) is 13.2 Å². The molecule has 0 radical (unpaired) electrons. The van der Waals surface area contributed by atoms with Crippen LogP contribution in [0.2, 0.25) is 0 Å². The highest BCUT2D eigenvalue weighted by molar-refractivity contribution is 5.49. The molecule has 1 heteroatoms. The first-order chi connectivity index (χ1) is 5.86. The predicted molar refractivity (Wildman–Crippen MR) is 53.9 cm³/mol. The Balaban J connectivity index is 2.71. The average Bonchev–Trinajstić information content (AvgIpc) is 2.15. The van der Waals surface area contributed by atoms with Crippen LogP contribution in [0.25, 0.3) is 6.08 Å². The first-order valence-corrected chi connectivity index (χ1v) is 4.29. The van der Waals surface area contributed by atoms with Crippen LogP contribution in [0.15, 0.2) is 30.5 Å². The zero-order valence-corrected chi connectivity index (χ0v) is 7.67. The van der Waals surface area contributed by atoms with Gasteiger partial charge in [0.25, 0.3) is 0 Å². The second-order valence-electron chi connectivity index (χ2n) is 2.72. The van der Waals surface area contributed by atoms with Crippen molar-refractivity contribution in [3.05, 3.63) is 41.6 Å². The van der Waals surface area contributed by atoms with Crippen LogP contribution in [0.5, 0.6) is 0 Å². The second-order valence-corrected chi connectivity index (χ2v) is 2.72. The van der Waals surface area contributed by atoms with Crippen LogP contribution in [0, 0.1) is 0 Å². The maximum atomic E-state index is 2.96. The van der Waals surface area contributed by atoms with Crippen molar-refractivity contribution in [3.8, 4) is 0 Å². The van der Waals surface area contributed by atoms with E-state index in [9.17, 15) is 0 Å². The highest BCUT2D eigenvalue weighted by Gasteiger charge is 1.87. The number of hydrogen-bond donors (Lipinski definition) is 1. The third-order valence-corrected chi connectivity index (χ3v) is 1.83. The maximum absolute atomic E-state index is 2.96. The molecule has 0 heterocycles. The topological polar surface area (TPSA) is 12.0 Å². The van der Waals surface area contributed by atoms with Crippen LogP contribution in [0.3, 0.4) is 0 Å². The molecule has 0 aliphatic heterocycles. The van der Waals surface area contributed by atoms with Gasteiger partial charge < -0.3 is 5.32 Å². The molecule has 0 aromatic heterocycles. The van der Waals surface area contributed by atoms with Gasteiger partial charge in [-0.2, -0.15) is 0 Å². The fourth-order valence-corrected chi connectivity index (χ4v) is 1.04. The SMILES string of the molecule is CCc1ccc(/C=C/NC)cc1. The number of benzene rings is 1. The molecule has 1 rings (SSSR count). The summed E-state index contributed by atoms with van der Waals surface area (Å²) in [6.07, 6.45) is 5.09. The van der Waals surface area contributed by atoms with Gasteiger partial charge in [0, 0.05) is 7.05 Å². The van der Waals surface area contributed by atoms with Crippen molar-refractivity contribution < 1.29 is 0 Å². The second kappa shape index (κ2) is 4.60. The van der Waals surface area contributed by atoms with E-state index in [1.165, 1.54) is 11.1 Å². The molecule has 1 aromatic carbocycles. The molecule has 1 nitrogen and oxygen atoms in total. The molecule has 0 saturated carbocycles. The zero-order chi connectivity index (χ0) is 8.81. The molecule has 0 spiro atoms. The van der Waals surface area contributed by atoms with Gasteiger partial charge >= 0.3 is 0 Å². The van der Waals surface area contributed by atoms with E-state index in [4.69, 9.17) is 0 Å². The molecule has 0 saturated heterocycles. The standard InChI is InChI=1S/C11H15N/c1-3-10-4-6-11(7-5-10)8-9-12-2/h4-9,12H,3H2,1-2H3/b9-8+. The summed E-state index contributed by atoms with van der Waals surface area (Å²) >= 11 is 0. The first kappa shape index (κ1) is 8.85. The van der Waals surface area contributed by atoms with Gasteiger partial charge in [0.2, 0.25) is 0 Å². The van der Waals surface area contributed by atoms with Crippen molar-refractivity contribution >= 4 is 6.08 Å².